The third-order valence-electron chi connectivity index (χ3n) is 0.857. The number of hydrogen-bond donors (Lipinski definition) is 0. The van der Waals surface area contributed by atoms with Gasteiger partial charge in [-0.25, -0.2) is 0 Å². The van der Waals surface area contributed by atoms with Crippen molar-refractivity contribution in [3.05, 3.63) is 0 Å². The third-order valence-corrected chi connectivity index (χ3v) is 0.857. The Morgan fingerprint density at radius 3 is 2.62 bits per heavy atom. The molecule has 0 aliphatic rings. The molecule has 0 bridgehead atoms. The van der Waals surface area contributed by atoms with Crippen molar-refractivity contribution in [1.29, 1.82) is 0 Å². The van der Waals surface area contributed by atoms with Gasteiger partial charge in [-0.05, 0) is 6.92 Å². The van der Waals surface area contributed by atoms with Gasteiger partial charge >= 0.3 is 0 Å². The average Bonchev–Trinajstić information content (AvgIpc) is 1.83. The van der Waals surface area contributed by atoms with Gasteiger partial charge in [-0.1, -0.05) is 12.8 Å². The first-order valence-corrected chi connectivity index (χ1v) is 2.72. The van der Waals surface area contributed by atoms with Gasteiger partial charge in [0.2, 0.25) is 0 Å². The van der Waals surface area contributed by atoms with E-state index in [1.807, 2.05) is 6.92 Å². The summed E-state index contributed by atoms with van der Waals surface area (Å²) < 4.78 is 0. The number of hydrogen-bond acceptors (Lipinski definition) is 1. The zero-order chi connectivity index (χ0) is 6.41. The summed E-state index contributed by atoms with van der Waals surface area (Å²) in [4.78, 5) is 10.5. The lowest BCUT2D eigenvalue weighted by molar-refractivity contribution is -0.117. The second kappa shape index (κ2) is 4.39. The molecule has 0 saturated carbocycles. The van der Waals surface area contributed by atoms with Crippen LogP contribution in [0.4, 0.5) is 0 Å². The van der Waals surface area contributed by atoms with Gasteiger partial charge < -0.3 is 0 Å². The lowest BCUT2D eigenvalue weighted by Gasteiger charge is -1.82. The van der Waals surface area contributed by atoms with E-state index in [0.717, 1.165) is 0 Å². The lowest BCUT2D eigenvalue weighted by atomic mass is 10.2. The molecule has 0 spiro atoms. The highest BCUT2D eigenvalue weighted by Gasteiger charge is 1.90. The minimum Gasteiger partial charge on any atom is -0.299 e. The van der Waals surface area contributed by atoms with E-state index in [4.69, 9.17) is 0 Å². The van der Waals surface area contributed by atoms with E-state index in [2.05, 4.69) is 11.8 Å². The topological polar surface area (TPSA) is 17.1 Å². The second-order valence-corrected chi connectivity index (χ2v) is 1.50. The van der Waals surface area contributed by atoms with Crippen molar-refractivity contribution in [1.82, 2.24) is 0 Å². The van der Waals surface area contributed by atoms with Crippen LogP contribution in [0, 0.1) is 11.8 Å². The predicted octanol–water partition coefficient (Wildman–Crippen LogP) is 1.38. The first-order valence-electron chi connectivity index (χ1n) is 2.72. The smallest absolute Gasteiger partial charge is 0.144 e. The van der Waals surface area contributed by atoms with E-state index in [-0.39, 0.29) is 5.78 Å². The molecule has 0 heterocycles. The second-order valence-electron chi connectivity index (χ2n) is 1.50. The van der Waals surface area contributed by atoms with Gasteiger partial charge in [-0.2, -0.15) is 0 Å². The highest BCUT2D eigenvalue weighted by molar-refractivity contribution is 5.80. The molecule has 0 aliphatic heterocycles. The van der Waals surface area contributed by atoms with Crippen LogP contribution in [0.25, 0.3) is 0 Å². The monoisotopic (exact) mass is 110 g/mol. The van der Waals surface area contributed by atoms with Crippen LogP contribution in [0.2, 0.25) is 0 Å². The Bertz CT molecular complexity index is 125. The van der Waals surface area contributed by atoms with Gasteiger partial charge in [0.05, 0.1) is 6.42 Å². The van der Waals surface area contributed by atoms with Crippen molar-refractivity contribution < 1.29 is 4.79 Å². The summed E-state index contributed by atoms with van der Waals surface area (Å²) in [6.45, 7) is 3.59. The summed E-state index contributed by atoms with van der Waals surface area (Å²) in [7, 11) is 0. The number of carbonyl (C=O) groups excluding carboxylic acids is 1. The Morgan fingerprint density at radius 2 is 2.25 bits per heavy atom. The summed E-state index contributed by atoms with van der Waals surface area (Å²) in [6.07, 6.45) is 1.03. The van der Waals surface area contributed by atoms with E-state index in [1.165, 1.54) is 0 Å². The highest BCUT2D eigenvalue weighted by Crippen LogP contribution is 1.84. The fourth-order valence-corrected chi connectivity index (χ4v) is 0.312. The van der Waals surface area contributed by atoms with E-state index in [9.17, 15) is 4.79 Å². The van der Waals surface area contributed by atoms with Crippen molar-refractivity contribution in [2.24, 2.45) is 0 Å². The standard InChI is InChI=1S/C7H10O/c1-3-5-6-7(8)4-2/h4,6H2,1-2H3. The molecule has 0 N–H and O–H groups in total. The summed E-state index contributed by atoms with van der Waals surface area (Å²) in [5, 5.41) is 0. The first-order chi connectivity index (χ1) is 3.81. The fourth-order valence-electron chi connectivity index (χ4n) is 0.312. The molecule has 0 amide bonds. The van der Waals surface area contributed by atoms with Gasteiger partial charge in [0.15, 0.2) is 0 Å². The summed E-state index contributed by atoms with van der Waals surface area (Å²) in [6, 6.07) is 0. The van der Waals surface area contributed by atoms with E-state index in [0.29, 0.717) is 12.8 Å². The third kappa shape index (κ3) is 3.42. The van der Waals surface area contributed by atoms with E-state index in [1.54, 1.807) is 6.92 Å². The Balaban J connectivity index is 3.35. The molecule has 1 nitrogen and oxygen atoms in total. The lowest BCUT2D eigenvalue weighted by Crippen LogP contribution is -1.90. The van der Waals surface area contributed by atoms with Crippen LogP contribution < -0.4 is 0 Å². The van der Waals surface area contributed by atoms with Crippen LogP contribution in [-0.2, 0) is 4.79 Å². The quantitative estimate of drug-likeness (QED) is 0.491. The molecule has 44 valence electrons. The molecule has 0 radical (unpaired) electrons. The molecule has 0 aromatic carbocycles. The van der Waals surface area contributed by atoms with Gasteiger partial charge in [-0.3, -0.25) is 4.79 Å². The predicted molar refractivity (Wildman–Crippen MR) is 33.4 cm³/mol. The highest BCUT2D eigenvalue weighted by atomic mass is 16.1. The zero-order valence-electron chi connectivity index (χ0n) is 5.32. The maximum absolute atomic E-state index is 10.5. The molecule has 0 aliphatic carbocycles. The van der Waals surface area contributed by atoms with Crippen LogP contribution in [-0.4, -0.2) is 5.78 Å². The Labute approximate surface area is 50.1 Å². The largest absolute Gasteiger partial charge is 0.299 e. The van der Waals surface area contributed by atoms with Crippen molar-refractivity contribution in [2.75, 3.05) is 0 Å². The molecule has 1 heteroatoms. The molecule has 0 aromatic rings. The van der Waals surface area contributed by atoms with Crippen LogP contribution >= 0.6 is 0 Å². The molecule has 0 fully saturated rings. The maximum Gasteiger partial charge on any atom is 0.144 e. The number of rotatable bonds is 2. The van der Waals surface area contributed by atoms with Crippen molar-refractivity contribution in [3.63, 3.8) is 0 Å². The van der Waals surface area contributed by atoms with Crippen LogP contribution in [0.1, 0.15) is 26.7 Å². The van der Waals surface area contributed by atoms with Gasteiger partial charge in [0, 0.05) is 6.42 Å². The van der Waals surface area contributed by atoms with E-state index >= 15 is 0 Å². The minimum absolute atomic E-state index is 0.222. The Kier molecular flexibility index (Phi) is 3.97. The number of carbonyl (C=O) groups is 1. The average molecular weight is 110 g/mol. The number of Topliss-reactive ketones (excluding diaryl/α,β-unsaturated/α-hetero) is 1. The maximum atomic E-state index is 10.5. The van der Waals surface area contributed by atoms with Gasteiger partial charge in [0.1, 0.15) is 5.78 Å². The van der Waals surface area contributed by atoms with E-state index < -0.39 is 0 Å². The normalized spacial score (nSPS) is 7.25. The summed E-state index contributed by atoms with van der Waals surface area (Å²) >= 11 is 0. The summed E-state index contributed by atoms with van der Waals surface area (Å²) in [5.74, 6) is 5.58. The molecule has 0 rings (SSSR count). The Hall–Kier alpha value is -0.770. The minimum atomic E-state index is 0.222. The molecule has 0 unspecified atom stereocenters. The van der Waals surface area contributed by atoms with Crippen molar-refractivity contribution in [2.45, 2.75) is 26.7 Å². The molecule has 0 saturated heterocycles. The zero-order valence-corrected chi connectivity index (χ0v) is 5.32. The van der Waals surface area contributed by atoms with Crippen LogP contribution in [0.5, 0.6) is 0 Å². The first kappa shape index (κ1) is 7.23. The summed E-state index contributed by atoms with van der Waals surface area (Å²) in [5.41, 5.74) is 0. The number of ketones is 1. The van der Waals surface area contributed by atoms with Crippen LogP contribution in [0.3, 0.4) is 0 Å². The fraction of sp³-hybridized carbons (Fsp3) is 0.571. The van der Waals surface area contributed by atoms with Crippen molar-refractivity contribution >= 4 is 5.78 Å². The molecule has 0 aromatic heterocycles. The Morgan fingerprint density at radius 1 is 1.62 bits per heavy atom. The van der Waals surface area contributed by atoms with Gasteiger partial charge in [0.25, 0.3) is 0 Å². The molecule has 0 atom stereocenters. The van der Waals surface area contributed by atoms with Crippen molar-refractivity contribution in [3.8, 4) is 11.8 Å². The molecule has 8 heavy (non-hydrogen) atoms. The molecular formula is C7H10O. The van der Waals surface area contributed by atoms with Crippen LogP contribution in [0.15, 0.2) is 0 Å². The van der Waals surface area contributed by atoms with Gasteiger partial charge in [-0.15, -0.1) is 5.92 Å². The molecular weight excluding hydrogens is 100 g/mol. The SMILES string of the molecule is CC#CCC(=O)CC.